The first-order chi connectivity index (χ1) is 12.5. The molecular weight excluding hydrogens is 342 g/mol. The first-order valence-electron chi connectivity index (χ1n) is 7.90. The molecular formula is C17H17N3O6. The molecule has 3 rings (SSSR count). The topological polar surface area (TPSA) is 116 Å². The van der Waals surface area contributed by atoms with Gasteiger partial charge >= 0.3 is 0 Å². The number of benzene rings is 1. The number of amides is 1. The molecule has 1 aromatic carbocycles. The second-order valence-corrected chi connectivity index (χ2v) is 5.78. The van der Waals surface area contributed by atoms with Crippen LogP contribution < -0.4 is 5.43 Å². The molecule has 9 heteroatoms. The zero-order chi connectivity index (χ0) is 18.6. The summed E-state index contributed by atoms with van der Waals surface area (Å²) in [5, 5.41) is 14.9. The summed E-state index contributed by atoms with van der Waals surface area (Å²) in [6.45, 7) is 2.59. The molecule has 0 saturated carbocycles. The Hall–Kier alpha value is -3.04. The standard InChI is InChI=1S/C17H17N3O6/c1-17(24-8-9-25-17)10-16(21)19-18-11-12-6-7-15(26-12)13-4-2-3-5-14(13)20(22)23/h2-7,11H,8-10H2,1H3,(H,19,21)/b18-11-. The molecule has 0 radical (unpaired) electrons. The van der Waals surface area contributed by atoms with Crippen LogP contribution in [0.15, 0.2) is 45.9 Å². The first-order valence-corrected chi connectivity index (χ1v) is 7.90. The molecule has 9 nitrogen and oxygen atoms in total. The van der Waals surface area contributed by atoms with E-state index in [1.807, 2.05) is 0 Å². The zero-order valence-electron chi connectivity index (χ0n) is 14.0. The van der Waals surface area contributed by atoms with Gasteiger partial charge in [0.15, 0.2) is 5.79 Å². The maximum atomic E-state index is 11.9. The Balaban J connectivity index is 1.63. The predicted octanol–water partition coefficient (Wildman–Crippen LogP) is 2.46. The lowest BCUT2D eigenvalue weighted by molar-refractivity contribution is -0.384. The second kappa shape index (κ2) is 7.46. The van der Waals surface area contributed by atoms with Gasteiger partial charge in [0, 0.05) is 6.07 Å². The monoisotopic (exact) mass is 359 g/mol. The van der Waals surface area contributed by atoms with Gasteiger partial charge in [-0.15, -0.1) is 0 Å². The lowest BCUT2D eigenvalue weighted by Gasteiger charge is -2.20. The van der Waals surface area contributed by atoms with Crippen molar-refractivity contribution in [1.29, 1.82) is 0 Å². The van der Waals surface area contributed by atoms with E-state index >= 15 is 0 Å². The van der Waals surface area contributed by atoms with Gasteiger partial charge in [0.2, 0.25) is 5.91 Å². The summed E-state index contributed by atoms with van der Waals surface area (Å²) >= 11 is 0. The summed E-state index contributed by atoms with van der Waals surface area (Å²) < 4.78 is 16.2. The van der Waals surface area contributed by atoms with Crippen LogP contribution in [0.4, 0.5) is 5.69 Å². The molecule has 0 spiro atoms. The largest absolute Gasteiger partial charge is 0.455 e. The number of furan rings is 1. The SMILES string of the molecule is CC1(CC(=O)N/N=C\c2ccc(-c3ccccc3[N+](=O)[O-])o2)OCCO1. The fraction of sp³-hybridized carbons (Fsp3) is 0.294. The Bertz CT molecular complexity index is 839. The average Bonchev–Trinajstić information content (AvgIpc) is 3.24. The molecule has 2 aromatic rings. The highest BCUT2D eigenvalue weighted by Gasteiger charge is 2.33. The van der Waals surface area contributed by atoms with Crippen molar-refractivity contribution in [3.05, 3.63) is 52.3 Å². The Kier molecular flexibility index (Phi) is 5.10. The minimum atomic E-state index is -0.927. The Morgan fingerprint density at radius 3 is 2.77 bits per heavy atom. The van der Waals surface area contributed by atoms with Gasteiger partial charge in [-0.25, -0.2) is 5.43 Å². The molecule has 1 aliphatic heterocycles. The Morgan fingerprint density at radius 2 is 2.04 bits per heavy atom. The number of ether oxygens (including phenoxy) is 2. The molecule has 26 heavy (non-hydrogen) atoms. The number of nitro groups is 1. The van der Waals surface area contributed by atoms with Gasteiger partial charge in [0.05, 0.1) is 36.3 Å². The molecule has 1 N–H and O–H groups in total. The third-order valence-electron chi connectivity index (χ3n) is 3.75. The Morgan fingerprint density at radius 1 is 1.31 bits per heavy atom. The third-order valence-corrected chi connectivity index (χ3v) is 3.75. The minimum absolute atomic E-state index is 0.0178. The lowest BCUT2D eigenvalue weighted by Crippen LogP contribution is -2.33. The summed E-state index contributed by atoms with van der Waals surface area (Å²) in [6.07, 6.45) is 1.33. The van der Waals surface area contributed by atoms with Gasteiger partial charge in [-0.2, -0.15) is 5.10 Å². The van der Waals surface area contributed by atoms with Gasteiger partial charge in [-0.3, -0.25) is 14.9 Å². The number of rotatable bonds is 6. The van der Waals surface area contributed by atoms with Crippen LogP contribution in [0.25, 0.3) is 11.3 Å². The van der Waals surface area contributed by atoms with E-state index in [2.05, 4.69) is 10.5 Å². The number of para-hydroxylation sites is 1. The van der Waals surface area contributed by atoms with Crippen LogP contribution in [0.5, 0.6) is 0 Å². The molecule has 1 saturated heterocycles. The van der Waals surface area contributed by atoms with Crippen LogP contribution in [0.2, 0.25) is 0 Å². The molecule has 0 atom stereocenters. The van der Waals surface area contributed by atoms with E-state index in [1.165, 1.54) is 12.3 Å². The van der Waals surface area contributed by atoms with Crippen molar-refractivity contribution < 1.29 is 23.6 Å². The fourth-order valence-corrected chi connectivity index (χ4v) is 2.57. The number of nitrogens with one attached hydrogen (secondary N) is 1. The maximum absolute atomic E-state index is 11.9. The number of nitro benzene ring substituents is 1. The highest BCUT2D eigenvalue weighted by Crippen LogP contribution is 2.30. The van der Waals surface area contributed by atoms with E-state index in [4.69, 9.17) is 13.9 Å². The van der Waals surface area contributed by atoms with Gasteiger partial charge in [-0.1, -0.05) is 12.1 Å². The van der Waals surface area contributed by atoms with Crippen LogP contribution in [-0.4, -0.2) is 36.0 Å². The van der Waals surface area contributed by atoms with Crippen LogP contribution in [0.3, 0.4) is 0 Å². The van der Waals surface area contributed by atoms with Gasteiger partial charge in [0.1, 0.15) is 11.5 Å². The molecule has 0 bridgehead atoms. The number of nitrogens with zero attached hydrogens (tertiary/aromatic N) is 2. The molecule has 1 amide bonds. The van der Waals surface area contributed by atoms with E-state index in [-0.39, 0.29) is 18.0 Å². The number of carbonyl (C=O) groups excluding carboxylic acids is 1. The third kappa shape index (κ3) is 4.13. The van der Waals surface area contributed by atoms with Crippen molar-refractivity contribution >= 4 is 17.8 Å². The van der Waals surface area contributed by atoms with Crippen molar-refractivity contribution in [2.75, 3.05) is 13.2 Å². The zero-order valence-corrected chi connectivity index (χ0v) is 14.0. The van der Waals surface area contributed by atoms with Crippen molar-refractivity contribution in [1.82, 2.24) is 5.43 Å². The van der Waals surface area contributed by atoms with Gasteiger partial charge in [0.25, 0.3) is 5.69 Å². The van der Waals surface area contributed by atoms with E-state index in [0.717, 1.165) is 0 Å². The molecule has 1 aliphatic rings. The van der Waals surface area contributed by atoms with Crippen molar-refractivity contribution in [2.24, 2.45) is 5.10 Å². The van der Waals surface area contributed by atoms with E-state index in [9.17, 15) is 14.9 Å². The van der Waals surface area contributed by atoms with E-state index in [1.54, 1.807) is 37.3 Å². The predicted molar refractivity (Wildman–Crippen MR) is 91.5 cm³/mol. The number of hydrogen-bond acceptors (Lipinski definition) is 7. The summed E-state index contributed by atoms with van der Waals surface area (Å²) in [4.78, 5) is 22.5. The first kappa shape index (κ1) is 17.8. The van der Waals surface area contributed by atoms with Crippen LogP contribution in [0, 0.1) is 10.1 Å². The number of hydrazone groups is 1. The number of hydrogen-bond donors (Lipinski definition) is 1. The second-order valence-electron chi connectivity index (χ2n) is 5.78. The highest BCUT2D eigenvalue weighted by molar-refractivity contribution is 5.81. The summed E-state index contributed by atoms with van der Waals surface area (Å²) in [7, 11) is 0. The minimum Gasteiger partial charge on any atom is -0.455 e. The smallest absolute Gasteiger partial charge is 0.280 e. The molecule has 1 aromatic heterocycles. The number of carbonyl (C=O) groups is 1. The molecule has 0 unspecified atom stereocenters. The van der Waals surface area contributed by atoms with Gasteiger partial charge in [-0.05, 0) is 25.1 Å². The van der Waals surface area contributed by atoms with Crippen LogP contribution in [-0.2, 0) is 14.3 Å². The quantitative estimate of drug-likeness (QED) is 0.481. The molecule has 2 heterocycles. The van der Waals surface area contributed by atoms with Gasteiger partial charge < -0.3 is 13.9 Å². The van der Waals surface area contributed by atoms with Crippen molar-refractivity contribution in [3.8, 4) is 11.3 Å². The summed E-state index contributed by atoms with van der Waals surface area (Å²) in [6, 6.07) is 9.48. The normalized spacial score (nSPS) is 16.0. The summed E-state index contributed by atoms with van der Waals surface area (Å²) in [5.74, 6) is -0.608. The fourth-order valence-electron chi connectivity index (χ4n) is 2.57. The van der Waals surface area contributed by atoms with Crippen LogP contribution >= 0.6 is 0 Å². The summed E-state index contributed by atoms with van der Waals surface area (Å²) in [5.41, 5.74) is 2.68. The van der Waals surface area contributed by atoms with E-state index in [0.29, 0.717) is 30.3 Å². The Labute approximate surface area is 148 Å². The van der Waals surface area contributed by atoms with Crippen molar-refractivity contribution in [3.63, 3.8) is 0 Å². The van der Waals surface area contributed by atoms with Crippen LogP contribution in [0.1, 0.15) is 19.1 Å². The molecule has 0 aliphatic carbocycles. The highest BCUT2D eigenvalue weighted by atomic mass is 16.7. The average molecular weight is 359 g/mol. The van der Waals surface area contributed by atoms with Crippen molar-refractivity contribution in [2.45, 2.75) is 19.1 Å². The van der Waals surface area contributed by atoms with E-state index < -0.39 is 10.7 Å². The lowest BCUT2D eigenvalue weighted by atomic mass is 10.1. The molecule has 1 fully saturated rings. The molecule has 136 valence electrons. The maximum Gasteiger partial charge on any atom is 0.280 e.